The lowest BCUT2D eigenvalue weighted by Crippen LogP contribution is -2.55. The molecule has 0 aromatic carbocycles. The van der Waals surface area contributed by atoms with E-state index in [1.807, 2.05) is 0 Å². The van der Waals surface area contributed by atoms with Crippen LogP contribution in [0.5, 0.6) is 0 Å². The van der Waals surface area contributed by atoms with Crippen molar-refractivity contribution in [2.24, 2.45) is 0 Å². The summed E-state index contributed by atoms with van der Waals surface area (Å²) in [5.74, 6) is 0. The summed E-state index contributed by atoms with van der Waals surface area (Å²) in [5.41, 5.74) is -0.182. The molecule has 0 spiro atoms. The van der Waals surface area contributed by atoms with Crippen LogP contribution >= 0.6 is 0 Å². The summed E-state index contributed by atoms with van der Waals surface area (Å²) < 4.78 is 0. The molecule has 0 aromatic heterocycles. The molecule has 0 aliphatic carbocycles. The first kappa shape index (κ1) is 12.9. The van der Waals surface area contributed by atoms with E-state index in [4.69, 9.17) is 0 Å². The molecule has 1 unspecified atom stereocenters. The van der Waals surface area contributed by atoms with Crippen molar-refractivity contribution >= 4 is 0 Å². The summed E-state index contributed by atoms with van der Waals surface area (Å²) in [5, 5.41) is 12.7. The minimum atomic E-state index is -0.182. The molecule has 0 amide bonds. The van der Waals surface area contributed by atoms with Crippen LogP contribution in [0.25, 0.3) is 0 Å². The highest BCUT2D eigenvalue weighted by Gasteiger charge is 2.24. The summed E-state index contributed by atoms with van der Waals surface area (Å²) in [6.07, 6.45) is 0. The number of nitrogens with one attached hydrogen (secondary N) is 1. The number of rotatable bonds is 6. The smallest absolute Gasteiger partial charge is 0.0623 e. The Morgan fingerprint density at radius 3 is 2.31 bits per heavy atom. The maximum Gasteiger partial charge on any atom is 0.0623 e. The van der Waals surface area contributed by atoms with Gasteiger partial charge in [-0.05, 0) is 20.5 Å². The van der Waals surface area contributed by atoms with E-state index in [1.165, 1.54) is 0 Å². The SMILES string of the molecule is CCN(C)CC(C)(CO)NC(C)C. The lowest BCUT2D eigenvalue weighted by Gasteiger charge is -2.34. The largest absolute Gasteiger partial charge is 0.394 e. The van der Waals surface area contributed by atoms with Gasteiger partial charge >= 0.3 is 0 Å². The third-order valence-electron chi connectivity index (χ3n) is 2.14. The highest BCUT2D eigenvalue weighted by Crippen LogP contribution is 2.06. The second-order valence-corrected chi connectivity index (χ2v) is 4.35. The van der Waals surface area contributed by atoms with Gasteiger partial charge in [0.15, 0.2) is 0 Å². The molecule has 0 rings (SSSR count). The van der Waals surface area contributed by atoms with Crippen LogP contribution in [0.1, 0.15) is 27.7 Å². The van der Waals surface area contributed by atoms with Crippen LogP contribution in [0.4, 0.5) is 0 Å². The van der Waals surface area contributed by atoms with Crippen LogP contribution in [0.2, 0.25) is 0 Å². The van der Waals surface area contributed by atoms with Crippen molar-refractivity contribution in [2.75, 3.05) is 26.7 Å². The number of hydrogen-bond acceptors (Lipinski definition) is 3. The predicted molar refractivity (Wildman–Crippen MR) is 56.9 cm³/mol. The lowest BCUT2D eigenvalue weighted by atomic mass is 10.0. The van der Waals surface area contributed by atoms with Crippen molar-refractivity contribution < 1.29 is 5.11 Å². The molecule has 0 aliphatic heterocycles. The molecular formula is C10H24N2O. The monoisotopic (exact) mass is 188 g/mol. The lowest BCUT2D eigenvalue weighted by molar-refractivity contribution is 0.127. The third kappa shape index (κ3) is 5.24. The van der Waals surface area contributed by atoms with Gasteiger partial charge in [0.1, 0.15) is 0 Å². The topological polar surface area (TPSA) is 35.5 Å². The maximum atomic E-state index is 9.29. The average molecular weight is 188 g/mol. The first-order chi connectivity index (χ1) is 5.93. The van der Waals surface area contributed by atoms with E-state index in [1.54, 1.807) is 0 Å². The molecule has 0 saturated heterocycles. The fourth-order valence-corrected chi connectivity index (χ4v) is 1.55. The molecule has 80 valence electrons. The van der Waals surface area contributed by atoms with Gasteiger partial charge in [0.05, 0.1) is 12.1 Å². The molecule has 0 fully saturated rings. The zero-order valence-electron chi connectivity index (χ0n) is 9.59. The number of nitrogens with zero attached hydrogens (tertiary/aromatic N) is 1. The molecule has 3 heteroatoms. The summed E-state index contributed by atoms with van der Waals surface area (Å²) in [6.45, 7) is 10.4. The minimum Gasteiger partial charge on any atom is -0.394 e. The highest BCUT2D eigenvalue weighted by atomic mass is 16.3. The van der Waals surface area contributed by atoms with Crippen LogP contribution < -0.4 is 5.32 Å². The number of aliphatic hydroxyl groups is 1. The van der Waals surface area contributed by atoms with E-state index in [0.717, 1.165) is 13.1 Å². The molecule has 1 atom stereocenters. The third-order valence-corrected chi connectivity index (χ3v) is 2.14. The summed E-state index contributed by atoms with van der Waals surface area (Å²) >= 11 is 0. The molecule has 0 aromatic rings. The molecule has 0 aliphatic rings. The molecular weight excluding hydrogens is 164 g/mol. The normalized spacial score (nSPS) is 16.6. The number of aliphatic hydroxyl groups excluding tert-OH is 1. The van der Waals surface area contributed by atoms with Crippen molar-refractivity contribution in [1.82, 2.24) is 10.2 Å². The molecule has 13 heavy (non-hydrogen) atoms. The molecule has 0 radical (unpaired) electrons. The van der Waals surface area contributed by atoms with Crippen LogP contribution in [0.15, 0.2) is 0 Å². The summed E-state index contributed by atoms with van der Waals surface area (Å²) in [4.78, 5) is 2.20. The van der Waals surface area contributed by atoms with E-state index in [0.29, 0.717) is 6.04 Å². The Kier molecular flexibility index (Phi) is 5.53. The van der Waals surface area contributed by atoms with Crippen LogP contribution in [-0.4, -0.2) is 48.3 Å². The minimum absolute atomic E-state index is 0.176. The van der Waals surface area contributed by atoms with Crippen molar-refractivity contribution in [3.05, 3.63) is 0 Å². The Balaban J connectivity index is 4.10. The van der Waals surface area contributed by atoms with Gasteiger partial charge in [0.25, 0.3) is 0 Å². The van der Waals surface area contributed by atoms with Gasteiger partial charge in [0, 0.05) is 12.6 Å². The zero-order valence-corrected chi connectivity index (χ0v) is 9.59. The molecule has 0 bridgehead atoms. The fraction of sp³-hybridized carbons (Fsp3) is 1.00. The van der Waals surface area contributed by atoms with E-state index >= 15 is 0 Å². The summed E-state index contributed by atoms with van der Waals surface area (Å²) in [7, 11) is 2.07. The molecule has 0 heterocycles. The fourth-order valence-electron chi connectivity index (χ4n) is 1.55. The standard InChI is InChI=1S/C10H24N2O/c1-6-12(5)7-10(4,8-13)11-9(2)3/h9,11,13H,6-8H2,1-5H3. The molecule has 0 saturated carbocycles. The Morgan fingerprint density at radius 2 is 2.00 bits per heavy atom. The Bertz CT molecular complexity index is 139. The van der Waals surface area contributed by atoms with Crippen molar-refractivity contribution in [3.63, 3.8) is 0 Å². The van der Waals surface area contributed by atoms with Gasteiger partial charge in [0.2, 0.25) is 0 Å². The quantitative estimate of drug-likeness (QED) is 0.643. The Hall–Kier alpha value is -0.120. The number of hydrogen-bond donors (Lipinski definition) is 2. The Morgan fingerprint density at radius 1 is 1.46 bits per heavy atom. The second-order valence-electron chi connectivity index (χ2n) is 4.35. The summed E-state index contributed by atoms with van der Waals surface area (Å²) in [6, 6.07) is 0.405. The molecule has 3 nitrogen and oxygen atoms in total. The first-order valence-electron chi connectivity index (χ1n) is 5.00. The van der Waals surface area contributed by atoms with Gasteiger partial charge in [-0.1, -0.05) is 20.8 Å². The maximum absolute atomic E-state index is 9.29. The highest BCUT2D eigenvalue weighted by molar-refractivity contribution is 4.86. The van der Waals surface area contributed by atoms with Gasteiger partial charge in [-0.15, -0.1) is 0 Å². The second kappa shape index (κ2) is 5.58. The van der Waals surface area contributed by atoms with Crippen LogP contribution in [-0.2, 0) is 0 Å². The van der Waals surface area contributed by atoms with E-state index in [2.05, 4.69) is 45.0 Å². The van der Waals surface area contributed by atoms with Crippen LogP contribution in [0, 0.1) is 0 Å². The van der Waals surface area contributed by atoms with Gasteiger partial charge in [-0.3, -0.25) is 0 Å². The van der Waals surface area contributed by atoms with E-state index in [-0.39, 0.29) is 12.1 Å². The number of likely N-dealkylation sites (N-methyl/N-ethyl adjacent to an activating group) is 1. The molecule has 2 N–H and O–H groups in total. The predicted octanol–water partition coefficient (Wildman–Crippen LogP) is 0.687. The first-order valence-corrected chi connectivity index (χ1v) is 5.00. The zero-order chi connectivity index (χ0) is 10.5. The van der Waals surface area contributed by atoms with E-state index in [9.17, 15) is 5.11 Å². The average Bonchev–Trinajstić information content (AvgIpc) is 2.02. The van der Waals surface area contributed by atoms with Crippen molar-refractivity contribution in [2.45, 2.75) is 39.3 Å². The van der Waals surface area contributed by atoms with Gasteiger partial charge < -0.3 is 15.3 Å². The van der Waals surface area contributed by atoms with E-state index < -0.39 is 0 Å². The van der Waals surface area contributed by atoms with Gasteiger partial charge in [-0.25, -0.2) is 0 Å². The van der Waals surface area contributed by atoms with Crippen LogP contribution in [0.3, 0.4) is 0 Å². The van der Waals surface area contributed by atoms with Crippen molar-refractivity contribution in [1.29, 1.82) is 0 Å². The van der Waals surface area contributed by atoms with Crippen molar-refractivity contribution in [3.8, 4) is 0 Å². The Labute approximate surface area is 82.1 Å². The van der Waals surface area contributed by atoms with Gasteiger partial charge in [-0.2, -0.15) is 0 Å².